The smallest absolute Gasteiger partial charge is 0.338 e. The fourth-order valence-corrected chi connectivity index (χ4v) is 5.77. The largest absolute Gasteiger partial charge is 0.462 e. The van der Waals surface area contributed by atoms with E-state index in [0.717, 1.165) is 19.3 Å². The molecule has 0 spiro atoms. The molecule has 2 aliphatic carbocycles. The van der Waals surface area contributed by atoms with E-state index in [0.29, 0.717) is 23.5 Å². The number of nitrogens with zero attached hydrogens (tertiary/aromatic N) is 1. The molecule has 9 heteroatoms. The van der Waals surface area contributed by atoms with Crippen LogP contribution in [0.3, 0.4) is 0 Å². The van der Waals surface area contributed by atoms with Crippen molar-refractivity contribution in [2.24, 2.45) is 23.7 Å². The van der Waals surface area contributed by atoms with E-state index in [1.165, 1.54) is 22.6 Å². The molecule has 1 saturated heterocycles. The molecule has 202 valence electrons. The average molecular weight is 531 g/mol. The number of unbranched alkanes of at least 4 members (excludes halogenated alkanes) is 1. The molecular weight excluding hydrogens is 500 g/mol. The SMILES string of the molecule is CCCCOC(=O)c1ccc(NC(=O)COC(=O)c2ccc(N3C(=O)[C@@H]4[C@@H](C3=O)[C@H]3C=C(C)[C@H]4C3)cc2)cc1. The summed E-state index contributed by atoms with van der Waals surface area (Å²) in [5.41, 5.74) is 2.61. The normalized spacial score (nSPS) is 22.9. The molecule has 1 saturated carbocycles. The number of hydrogen-bond donors (Lipinski definition) is 1. The van der Waals surface area contributed by atoms with Crippen LogP contribution in [0.2, 0.25) is 0 Å². The zero-order chi connectivity index (χ0) is 27.7. The van der Waals surface area contributed by atoms with E-state index in [-0.39, 0.29) is 41.0 Å². The van der Waals surface area contributed by atoms with Gasteiger partial charge in [0.05, 0.1) is 35.3 Å². The van der Waals surface area contributed by atoms with Crippen LogP contribution in [0.5, 0.6) is 0 Å². The van der Waals surface area contributed by atoms with Crippen molar-refractivity contribution in [2.45, 2.75) is 33.1 Å². The third-order valence-corrected chi connectivity index (χ3v) is 7.71. The molecule has 4 atom stereocenters. The Bertz CT molecular complexity index is 1350. The van der Waals surface area contributed by atoms with Crippen LogP contribution >= 0.6 is 0 Å². The van der Waals surface area contributed by atoms with Crippen LogP contribution in [0.1, 0.15) is 53.8 Å². The van der Waals surface area contributed by atoms with Gasteiger partial charge in [-0.1, -0.05) is 25.0 Å². The maximum absolute atomic E-state index is 13.1. The number of carbonyl (C=O) groups is 5. The van der Waals surface area contributed by atoms with Gasteiger partial charge in [0.25, 0.3) is 5.91 Å². The van der Waals surface area contributed by atoms with Gasteiger partial charge < -0.3 is 14.8 Å². The Balaban J connectivity index is 1.12. The summed E-state index contributed by atoms with van der Waals surface area (Å²) in [5.74, 6) is -2.41. The highest BCUT2D eigenvalue weighted by atomic mass is 16.5. The first-order valence-electron chi connectivity index (χ1n) is 13.2. The lowest BCUT2D eigenvalue weighted by Gasteiger charge is -2.19. The van der Waals surface area contributed by atoms with Crippen molar-refractivity contribution in [3.8, 4) is 0 Å². The van der Waals surface area contributed by atoms with Crippen LogP contribution in [0.15, 0.2) is 60.2 Å². The van der Waals surface area contributed by atoms with E-state index in [2.05, 4.69) is 11.4 Å². The maximum Gasteiger partial charge on any atom is 0.338 e. The molecule has 5 rings (SSSR count). The molecule has 1 N–H and O–H groups in total. The molecule has 1 aliphatic heterocycles. The number of hydrogen-bond acceptors (Lipinski definition) is 7. The molecular formula is C30H30N2O7. The first kappa shape index (κ1) is 26.3. The van der Waals surface area contributed by atoms with Gasteiger partial charge in [0.15, 0.2) is 6.61 Å². The monoisotopic (exact) mass is 530 g/mol. The second-order valence-corrected chi connectivity index (χ2v) is 10.2. The van der Waals surface area contributed by atoms with Crippen molar-refractivity contribution in [3.05, 3.63) is 71.3 Å². The van der Waals surface area contributed by atoms with Crippen molar-refractivity contribution >= 4 is 41.0 Å². The molecule has 0 aromatic heterocycles. The zero-order valence-corrected chi connectivity index (χ0v) is 21.8. The van der Waals surface area contributed by atoms with Crippen molar-refractivity contribution < 1.29 is 33.4 Å². The Kier molecular flexibility index (Phi) is 7.32. The summed E-state index contributed by atoms with van der Waals surface area (Å²) in [6, 6.07) is 12.3. The van der Waals surface area contributed by atoms with Gasteiger partial charge in [-0.05, 0) is 80.1 Å². The van der Waals surface area contributed by atoms with Gasteiger partial charge in [-0.2, -0.15) is 0 Å². The van der Waals surface area contributed by atoms with Gasteiger partial charge in [-0.25, -0.2) is 9.59 Å². The van der Waals surface area contributed by atoms with Crippen LogP contribution in [0, 0.1) is 23.7 Å². The minimum absolute atomic E-state index is 0.117. The summed E-state index contributed by atoms with van der Waals surface area (Å²) in [7, 11) is 0. The predicted molar refractivity (Wildman–Crippen MR) is 142 cm³/mol. The van der Waals surface area contributed by atoms with E-state index >= 15 is 0 Å². The van der Waals surface area contributed by atoms with E-state index < -0.39 is 24.5 Å². The van der Waals surface area contributed by atoms with E-state index in [4.69, 9.17) is 9.47 Å². The zero-order valence-electron chi connectivity index (χ0n) is 21.8. The van der Waals surface area contributed by atoms with Gasteiger partial charge >= 0.3 is 11.9 Å². The van der Waals surface area contributed by atoms with Gasteiger partial charge in [0.2, 0.25) is 11.8 Å². The molecule has 3 amide bonds. The van der Waals surface area contributed by atoms with Crippen LogP contribution in [0.4, 0.5) is 11.4 Å². The molecule has 3 aliphatic rings. The number of benzene rings is 2. The van der Waals surface area contributed by atoms with Crippen molar-refractivity contribution in [3.63, 3.8) is 0 Å². The maximum atomic E-state index is 13.1. The second-order valence-electron chi connectivity index (χ2n) is 10.2. The van der Waals surface area contributed by atoms with Gasteiger partial charge in [0, 0.05) is 5.69 Å². The van der Waals surface area contributed by atoms with Crippen LogP contribution in [-0.2, 0) is 23.9 Å². The molecule has 2 bridgehead atoms. The van der Waals surface area contributed by atoms with Gasteiger partial charge in [-0.15, -0.1) is 0 Å². The minimum Gasteiger partial charge on any atom is -0.462 e. The summed E-state index contributed by atoms with van der Waals surface area (Å²) < 4.78 is 10.3. The van der Waals surface area contributed by atoms with Crippen LogP contribution < -0.4 is 10.2 Å². The van der Waals surface area contributed by atoms with Crippen LogP contribution in [-0.4, -0.2) is 42.9 Å². The molecule has 0 radical (unpaired) electrons. The number of nitrogens with one attached hydrogen (secondary N) is 1. The number of amides is 3. The molecule has 2 fully saturated rings. The number of ether oxygens (including phenoxy) is 2. The summed E-state index contributed by atoms with van der Waals surface area (Å²) in [6.07, 6.45) is 4.70. The number of rotatable bonds is 9. The Morgan fingerprint density at radius 3 is 2.18 bits per heavy atom. The summed E-state index contributed by atoms with van der Waals surface area (Å²) in [5, 5.41) is 2.60. The highest BCUT2D eigenvalue weighted by Crippen LogP contribution is 2.55. The number of imide groups is 1. The fourth-order valence-electron chi connectivity index (χ4n) is 5.77. The molecule has 2 aromatic carbocycles. The third-order valence-electron chi connectivity index (χ3n) is 7.71. The van der Waals surface area contributed by atoms with E-state index in [9.17, 15) is 24.0 Å². The number of esters is 2. The first-order chi connectivity index (χ1) is 18.8. The highest BCUT2D eigenvalue weighted by Gasteiger charge is 2.60. The predicted octanol–water partition coefficient (Wildman–Crippen LogP) is 4.14. The van der Waals surface area contributed by atoms with E-state index in [1.807, 2.05) is 13.8 Å². The second kappa shape index (κ2) is 10.8. The quantitative estimate of drug-likeness (QED) is 0.224. The Hall–Kier alpha value is -4.27. The number of carbonyl (C=O) groups excluding carboxylic acids is 5. The third kappa shape index (κ3) is 5.08. The Morgan fingerprint density at radius 2 is 1.51 bits per heavy atom. The van der Waals surface area contributed by atoms with Crippen molar-refractivity contribution in [2.75, 3.05) is 23.4 Å². The lowest BCUT2D eigenvalue weighted by atomic mass is 9.82. The summed E-state index contributed by atoms with van der Waals surface area (Å²) in [6.45, 7) is 3.87. The molecule has 39 heavy (non-hydrogen) atoms. The molecule has 2 aromatic rings. The number of fused-ring (bicyclic) bond motifs is 5. The Labute approximate surface area is 226 Å². The van der Waals surface area contributed by atoms with Crippen LogP contribution in [0.25, 0.3) is 0 Å². The molecule has 1 heterocycles. The van der Waals surface area contributed by atoms with Crippen molar-refractivity contribution in [1.29, 1.82) is 0 Å². The lowest BCUT2D eigenvalue weighted by molar-refractivity contribution is -0.123. The number of allylic oxidation sites excluding steroid dienone is 2. The number of anilines is 2. The fraction of sp³-hybridized carbons (Fsp3) is 0.367. The van der Waals surface area contributed by atoms with Crippen molar-refractivity contribution in [1.82, 2.24) is 0 Å². The minimum atomic E-state index is -0.712. The topological polar surface area (TPSA) is 119 Å². The molecule has 0 unspecified atom stereocenters. The summed E-state index contributed by atoms with van der Waals surface area (Å²) in [4.78, 5) is 64.1. The standard InChI is InChI=1S/C30H30N2O7/c1-3-4-13-38-29(36)18-5-9-21(10-6-18)31-24(33)16-39-30(37)19-7-11-22(12-8-19)32-27(34)25-20-14-17(2)23(15-20)26(25)28(32)35/h5-12,14,20,23,25-26H,3-4,13,15-16H2,1-2H3,(H,31,33)/t20-,23+,25-,26-/m0/s1. The highest BCUT2D eigenvalue weighted by molar-refractivity contribution is 6.23. The van der Waals surface area contributed by atoms with Gasteiger partial charge in [-0.3, -0.25) is 19.3 Å². The first-order valence-corrected chi connectivity index (χ1v) is 13.2. The Morgan fingerprint density at radius 1 is 0.897 bits per heavy atom. The molecule has 9 nitrogen and oxygen atoms in total. The van der Waals surface area contributed by atoms with Gasteiger partial charge in [0.1, 0.15) is 0 Å². The average Bonchev–Trinajstić information content (AvgIpc) is 3.57. The lowest BCUT2D eigenvalue weighted by Crippen LogP contribution is -2.33. The van der Waals surface area contributed by atoms with E-state index in [1.54, 1.807) is 36.4 Å². The summed E-state index contributed by atoms with van der Waals surface area (Å²) >= 11 is 0.